The lowest BCUT2D eigenvalue weighted by atomic mass is 9.96. The summed E-state index contributed by atoms with van der Waals surface area (Å²) in [6, 6.07) is 7.49. The van der Waals surface area contributed by atoms with Crippen molar-refractivity contribution in [3.8, 4) is 5.75 Å². The van der Waals surface area contributed by atoms with E-state index in [2.05, 4.69) is 22.1 Å². The largest absolute Gasteiger partial charge is 0.480 e. The Morgan fingerprint density at radius 2 is 2.08 bits per heavy atom. The number of nitrogens with one attached hydrogen (secondary N) is 1. The highest BCUT2D eigenvalue weighted by Crippen LogP contribution is 2.30. The fourth-order valence-corrected chi connectivity index (χ4v) is 5.24. The van der Waals surface area contributed by atoms with Gasteiger partial charge in [-0.1, -0.05) is 31.9 Å². The maximum absolute atomic E-state index is 13.3. The number of halogens is 1. The van der Waals surface area contributed by atoms with Gasteiger partial charge in [0, 0.05) is 43.0 Å². The zero-order chi connectivity index (χ0) is 27.4. The summed E-state index contributed by atoms with van der Waals surface area (Å²) >= 11 is 6.49. The first kappa shape index (κ1) is 27.4. The topological polar surface area (TPSA) is 98.6 Å². The van der Waals surface area contributed by atoms with E-state index >= 15 is 0 Å². The lowest BCUT2D eigenvalue weighted by Gasteiger charge is -2.32. The molecule has 4 heterocycles. The van der Waals surface area contributed by atoms with Crippen LogP contribution in [0.25, 0.3) is 10.9 Å². The van der Waals surface area contributed by atoms with Crippen molar-refractivity contribution in [2.45, 2.75) is 52.5 Å². The van der Waals surface area contributed by atoms with Crippen LogP contribution in [0.5, 0.6) is 5.75 Å². The van der Waals surface area contributed by atoms with Crippen LogP contribution in [0.15, 0.2) is 35.3 Å². The number of nitrogens with zero attached hydrogens (tertiary/aromatic N) is 4. The van der Waals surface area contributed by atoms with Gasteiger partial charge < -0.3 is 24.3 Å². The molecule has 0 saturated carbocycles. The molecular weight excluding hydrogens is 518 g/mol. The van der Waals surface area contributed by atoms with E-state index in [9.17, 15) is 9.59 Å². The van der Waals surface area contributed by atoms with Gasteiger partial charge in [0.1, 0.15) is 11.6 Å². The maximum Gasteiger partial charge on any atom is 0.293 e. The average molecular weight is 554 g/mol. The first-order valence-electron chi connectivity index (χ1n) is 13.9. The molecule has 2 aliphatic rings. The Morgan fingerprint density at radius 3 is 2.82 bits per heavy atom. The van der Waals surface area contributed by atoms with Gasteiger partial charge in [-0.3, -0.25) is 9.59 Å². The zero-order valence-electron chi connectivity index (χ0n) is 22.6. The van der Waals surface area contributed by atoms with E-state index in [-0.39, 0.29) is 23.7 Å². The molecule has 5 rings (SSSR count). The van der Waals surface area contributed by atoms with Crippen LogP contribution in [0.3, 0.4) is 0 Å². The molecule has 1 atom stereocenters. The molecule has 2 fully saturated rings. The number of fused-ring (bicyclic) bond motifs is 1. The highest BCUT2D eigenvalue weighted by molar-refractivity contribution is 6.32. The Kier molecular flexibility index (Phi) is 8.67. The molecule has 10 heteroatoms. The van der Waals surface area contributed by atoms with E-state index < -0.39 is 0 Å². The molecule has 1 aromatic carbocycles. The fraction of sp³-hybridized carbons (Fsp3) is 0.517. The molecule has 2 saturated heterocycles. The van der Waals surface area contributed by atoms with Crippen molar-refractivity contribution >= 4 is 45.7 Å². The molecule has 0 radical (unpaired) electrons. The second kappa shape index (κ2) is 12.3. The number of pyridine rings is 1. The third-order valence-corrected chi connectivity index (χ3v) is 7.96. The molecule has 0 spiro atoms. The molecule has 39 heavy (non-hydrogen) atoms. The average Bonchev–Trinajstić information content (AvgIpc) is 2.93. The minimum atomic E-state index is -0.234. The molecular formula is C29H36ClN5O4. The molecule has 0 bridgehead atoms. The maximum atomic E-state index is 13.3. The normalized spacial score (nSPS) is 17.7. The predicted molar refractivity (Wildman–Crippen MR) is 153 cm³/mol. The van der Waals surface area contributed by atoms with Crippen LogP contribution in [-0.4, -0.2) is 53.2 Å². The van der Waals surface area contributed by atoms with Crippen LogP contribution in [-0.2, 0) is 16.1 Å². The number of ketones is 1. The smallest absolute Gasteiger partial charge is 0.293 e. The van der Waals surface area contributed by atoms with Crippen molar-refractivity contribution in [3.05, 3.63) is 45.8 Å². The van der Waals surface area contributed by atoms with E-state index in [0.29, 0.717) is 41.6 Å². The van der Waals surface area contributed by atoms with E-state index in [0.717, 1.165) is 62.2 Å². The summed E-state index contributed by atoms with van der Waals surface area (Å²) in [4.78, 5) is 36.7. The van der Waals surface area contributed by atoms with Crippen molar-refractivity contribution in [2.24, 2.45) is 11.8 Å². The summed E-state index contributed by atoms with van der Waals surface area (Å²) in [7, 11) is 0. The predicted octanol–water partition coefficient (Wildman–Crippen LogP) is 5.21. The van der Waals surface area contributed by atoms with Gasteiger partial charge in [-0.2, -0.15) is 4.98 Å². The number of aromatic nitrogens is 3. The summed E-state index contributed by atoms with van der Waals surface area (Å²) in [5.74, 6) is 2.41. The standard InChI is InChI=1S/C29H36ClN5O4/c1-3-19-6-5-10-34(15-19)29-31-14-24(30)27(33-29)32-22-7-8-25-21(12-22)13-26(39-18-23(36)4-2)28(37)35(25)11-9-20-16-38-17-20/h7-8,12-14,19-20H,3-6,9-11,15-18H2,1-2H3,(H,31,32,33). The van der Waals surface area contributed by atoms with Gasteiger partial charge in [-0.15, -0.1) is 0 Å². The number of anilines is 3. The number of hydrogen-bond acceptors (Lipinski definition) is 8. The van der Waals surface area contributed by atoms with Gasteiger partial charge in [0.25, 0.3) is 5.56 Å². The molecule has 3 aromatic rings. The number of benzene rings is 1. The number of Topliss-reactive ketones (excluding diaryl/α,β-unsaturated/α-hetero) is 1. The number of carbonyl (C=O) groups excluding carboxylic acids is 1. The number of hydrogen-bond donors (Lipinski definition) is 1. The zero-order valence-corrected chi connectivity index (χ0v) is 23.4. The molecule has 0 amide bonds. The molecule has 9 nitrogen and oxygen atoms in total. The number of carbonyl (C=O) groups is 1. The Balaban J connectivity index is 1.43. The molecule has 2 aromatic heterocycles. The first-order chi connectivity index (χ1) is 18.9. The molecule has 1 N–H and O–H groups in total. The van der Waals surface area contributed by atoms with E-state index in [1.807, 2.05) is 18.2 Å². The van der Waals surface area contributed by atoms with Crippen LogP contribution >= 0.6 is 11.6 Å². The SMILES string of the molecule is CCC(=O)COc1cc2cc(Nc3nc(N4CCCC(CC)C4)ncc3Cl)ccc2n(CCC2COC2)c1=O. The minimum Gasteiger partial charge on any atom is -0.480 e. The quantitative estimate of drug-likeness (QED) is 0.345. The number of ether oxygens (including phenoxy) is 2. The van der Waals surface area contributed by atoms with Gasteiger partial charge in [-0.05, 0) is 49.4 Å². The first-order valence-corrected chi connectivity index (χ1v) is 14.3. The number of piperidine rings is 1. The summed E-state index contributed by atoms with van der Waals surface area (Å²) in [6.45, 7) is 7.75. The summed E-state index contributed by atoms with van der Waals surface area (Å²) in [6.07, 6.45) is 6.34. The fourth-order valence-electron chi connectivity index (χ4n) is 5.10. The molecule has 0 aliphatic carbocycles. The van der Waals surface area contributed by atoms with Crippen LogP contribution in [0.2, 0.25) is 5.02 Å². The van der Waals surface area contributed by atoms with Gasteiger partial charge >= 0.3 is 0 Å². The van der Waals surface area contributed by atoms with Gasteiger partial charge in [-0.25, -0.2) is 4.98 Å². The van der Waals surface area contributed by atoms with Crippen LogP contribution < -0.4 is 20.5 Å². The van der Waals surface area contributed by atoms with Gasteiger partial charge in [0.15, 0.2) is 17.4 Å². The lowest BCUT2D eigenvalue weighted by Crippen LogP contribution is -2.36. The summed E-state index contributed by atoms with van der Waals surface area (Å²) < 4.78 is 12.7. The Labute approximate surface area is 233 Å². The Morgan fingerprint density at radius 1 is 1.23 bits per heavy atom. The van der Waals surface area contributed by atoms with Crippen LogP contribution in [0.4, 0.5) is 17.5 Å². The second-order valence-electron chi connectivity index (χ2n) is 10.5. The van der Waals surface area contributed by atoms with Crippen LogP contribution in [0.1, 0.15) is 46.0 Å². The van der Waals surface area contributed by atoms with Gasteiger partial charge in [0.05, 0.1) is 24.9 Å². The molecule has 208 valence electrons. The molecule has 1 unspecified atom stereocenters. The number of aryl methyl sites for hydroxylation is 1. The Hall–Kier alpha value is -3.17. The van der Waals surface area contributed by atoms with Crippen molar-refractivity contribution in [1.29, 1.82) is 0 Å². The second-order valence-corrected chi connectivity index (χ2v) is 10.9. The van der Waals surface area contributed by atoms with Crippen molar-refractivity contribution in [1.82, 2.24) is 14.5 Å². The van der Waals surface area contributed by atoms with Gasteiger partial charge in [0.2, 0.25) is 5.95 Å². The van der Waals surface area contributed by atoms with Crippen LogP contribution in [0, 0.1) is 11.8 Å². The van der Waals surface area contributed by atoms with E-state index in [1.165, 1.54) is 6.42 Å². The van der Waals surface area contributed by atoms with E-state index in [1.54, 1.807) is 23.8 Å². The number of rotatable bonds is 11. The van der Waals surface area contributed by atoms with Crippen molar-refractivity contribution in [3.63, 3.8) is 0 Å². The summed E-state index contributed by atoms with van der Waals surface area (Å²) in [5, 5.41) is 4.59. The minimum absolute atomic E-state index is 0.0590. The Bertz CT molecular complexity index is 1390. The lowest BCUT2D eigenvalue weighted by molar-refractivity contribution is -0.120. The third kappa shape index (κ3) is 6.36. The highest BCUT2D eigenvalue weighted by atomic mass is 35.5. The summed E-state index contributed by atoms with van der Waals surface area (Å²) in [5.41, 5.74) is 1.34. The highest BCUT2D eigenvalue weighted by Gasteiger charge is 2.22. The van der Waals surface area contributed by atoms with Crippen molar-refractivity contribution in [2.75, 3.05) is 43.1 Å². The van der Waals surface area contributed by atoms with Crippen molar-refractivity contribution < 1.29 is 14.3 Å². The monoisotopic (exact) mass is 553 g/mol. The molecule has 2 aliphatic heterocycles. The van der Waals surface area contributed by atoms with E-state index in [4.69, 9.17) is 26.1 Å². The third-order valence-electron chi connectivity index (χ3n) is 7.69.